The van der Waals surface area contributed by atoms with Crippen molar-refractivity contribution in [3.05, 3.63) is 35.9 Å². The molecule has 0 radical (unpaired) electrons. The molecule has 0 amide bonds. The largest absolute Gasteiger partial charge is 0.478 e. The first-order valence-electron chi connectivity index (χ1n) is 8.92. The molecule has 0 bridgehead atoms. The molecule has 32 heavy (non-hydrogen) atoms. The average Bonchev–Trinajstić information content (AvgIpc) is 2.70. The second-order valence-electron chi connectivity index (χ2n) is 6.86. The molecule has 0 N–H and O–H groups in total. The van der Waals surface area contributed by atoms with Crippen LogP contribution in [0.1, 0.15) is 32.8 Å². The molecule has 14 heteroatoms. The van der Waals surface area contributed by atoms with Crippen molar-refractivity contribution in [3.8, 4) is 0 Å². The summed E-state index contributed by atoms with van der Waals surface area (Å²) < 4.78 is 103. The summed E-state index contributed by atoms with van der Waals surface area (Å²) in [6.07, 6.45) is -4.87. The molecule has 0 heterocycles. The zero-order valence-electron chi connectivity index (χ0n) is 17.1. The molecule has 180 valence electrons. The summed E-state index contributed by atoms with van der Waals surface area (Å²) in [5.41, 5.74) is -3.48. The smallest absolute Gasteiger partial charge is 0.462 e. The molecule has 0 aliphatic carbocycles. The first-order valence-corrected chi connectivity index (χ1v) is 10.3. The third-order valence-electron chi connectivity index (χ3n) is 4.08. The van der Waals surface area contributed by atoms with E-state index in [9.17, 15) is 40.0 Å². The Morgan fingerprint density at radius 2 is 1.44 bits per heavy atom. The highest BCUT2D eigenvalue weighted by Gasteiger charge is 2.57. The van der Waals surface area contributed by atoms with Gasteiger partial charge in [-0.3, -0.25) is 9.08 Å². The van der Waals surface area contributed by atoms with Gasteiger partial charge in [0.25, 0.3) is 0 Å². The zero-order chi connectivity index (χ0) is 24.8. The molecule has 8 nitrogen and oxygen atoms in total. The van der Waals surface area contributed by atoms with E-state index in [-0.39, 0.29) is 0 Å². The number of benzene rings is 1. The van der Waals surface area contributed by atoms with Crippen molar-refractivity contribution in [2.75, 3.05) is 13.2 Å². The van der Waals surface area contributed by atoms with Gasteiger partial charge in [0.15, 0.2) is 5.71 Å². The molecule has 0 saturated carbocycles. The lowest BCUT2D eigenvalue weighted by Gasteiger charge is -2.20. The molecule has 0 spiro atoms. The fourth-order valence-corrected chi connectivity index (χ4v) is 2.32. The van der Waals surface area contributed by atoms with Crippen molar-refractivity contribution in [2.45, 2.75) is 38.6 Å². The molecule has 0 saturated heterocycles. The molecule has 0 fully saturated rings. The normalized spacial score (nSPS) is 13.4. The van der Waals surface area contributed by atoms with Gasteiger partial charge in [-0.25, -0.2) is 4.79 Å². The predicted octanol–water partition coefficient (Wildman–Crippen LogP) is 3.41. The standard InChI is InChI=1S/C18H20F5NO7S/c1-4-16(2,3)14(25)29-10-11-30-15(26)18(22,23)32(27,28)31-24-13(17(19,20)21)12-8-6-5-7-9-12/h5-9H,4,10-11H2,1-3H3/b24-13+. The Bertz CT molecular complexity index is 944. The summed E-state index contributed by atoms with van der Waals surface area (Å²) in [7, 11) is -6.31. The number of carbonyl (C=O) groups excluding carboxylic acids is 2. The van der Waals surface area contributed by atoms with E-state index in [2.05, 4.69) is 14.2 Å². The van der Waals surface area contributed by atoms with Crippen molar-refractivity contribution in [1.82, 2.24) is 0 Å². The summed E-state index contributed by atoms with van der Waals surface area (Å²) in [6.45, 7) is 3.19. The first kappa shape index (κ1) is 27.3. The number of alkyl halides is 5. The molecule has 0 unspecified atom stereocenters. The Balaban J connectivity index is 2.87. The fourth-order valence-electron chi connectivity index (χ4n) is 1.79. The van der Waals surface area contributed by atoms with E-state index in [0.29, 0.717) is 6.42 Å². The minimum atomic E-state index is -6.31. The number of halogens is 5. The number of ether oxygens (including phenoxy) is 2. The van der Waals surface area contributed by atoms with E-state index in [1.54, 1.807) is 20.8 Å². The number of hydrogen-bond acceptors (Lipinski definition) is 8. The van der Waals surface area contributed by atoms with Crippen LogP contribution in [0.25, 0.3) is 0 Å². The lowest BCUT2D eigenvalue weighted by molar-refractivity contribution is -0.167. The number of oxime groups is 1. The Kier molecular flexibility index (Phi) is 8.72. The van der Waals surface area contributed by atoms with Crippen molar-refractivity contribution >= 4 is 27.8 Å². The molecule has 1 aromatic rings. The maximum absolute atomic E-state index is 13.9. The summed E-state index contributed by atoms with van der Waals surface area (Å²) >= 11 is 0. The van der Waals surface area contributed by atoms with Crippen molar-refractivity contribution in [2.24, 2.45) is 10.6 Å². The number of nitrogens with zero attached hydrogens (tertiary/aromatic N) is 1. The van der Waals surface area contributed by atoms with Gasteiger partial charge in [-0.05, 0) is 20.3 Å². The van der Waals surface area contributed by atoms with Gasteiger partial charge in [-0.1, -0.05) is 42.4 Å². The van der Waals surface area contributed by atoms with Crippen LogP contribution < -0.4 is 0 Å². The monoisotopic (exact) mass is 489 g/mol. The molecular formula is C18H20F5NO7S. The molecule has 0 aliphatic heterocycles. The Morgan fingerprint density at radius 1 is 0.938 bits per heavy atom. The van der Waals surface area contributed by atoms with Crippen molar-refractivity contribution in [1.29, 1.82) is 0 Å². The van der Waals surface area contributed by atoms with Gasteiger partial charge in [0.2, 0.25) is 0 Å². The maximum atomic E-state index is 13.9. The Hall–Kier alpha value is -2.77. The van der Waals surface area contributed by atoms with Crippen LogP contribution in [0.3, 0.4) is 0 Å². The van der Waals surface area contributed by atoms with E-state index in [4.69, 9.17) is 4.74 Å². The summed E-state index contributed by atoms with van der Waals surface area (Å²) in [6, 6.07) is 5.43. The van der Waals surface area contributed by atoms with Crippen LogP contribution in [-0.2, 0) is 33.5 Å². The van der Waals surface area contributed by atoms with Crippen LogP contribution in [0.15, 0.2) is 35.5 Å². The SMILES string of the molecule is CCC(C)(C)C(=O)OCCOC(=O)C(F)(F)S(=O)(=O)O/N=C(\c1ccccc1)C(F)(F)F. The fraction of sp³-hybridized carbons (Fsp3) is 0.500. The molecular weight excluding hydrogens is 469 g/mol. The van der Waals surface area contributed by atoms with Gasteiger partial charge < -0.3 is 9.47 Å². The van der Waals surface area contributed by atoms with Gasteiger partial charge in [0.1, 0.15) is 13.2 Å². The molecule has 0 atom stereocenters. The summed E-state index contributed by atoms with van der Waals surface area (Å²) in [5.74, 6) is -3.36. The molecule has 0 aliphatic rings. The number of hydrogen-bond donors (Lipinski definition) is 0. The number of carbonyl (C=O) groups is 2. The average molecular weight is 489 g/mol. The second-order valence-corrected chi connectivity index (χ2v) is 8.43. The van der Waals surface area contributed by atoms with Gasteiger partial charge >= 0.3 is 33.5 Å². The number of rotatable bonds is 10. The van der Waals surface area contributed by atoms with Crippen LogP contribution in [0.4, 0.5) is 22.0 Å². The molecule has 0 aromatic heterocycles. The molecule has 1 rings (SSSR count). The summed E-state index contributed by atoms with van der Waals surface area (Å²) in [4.78, 5) is 23.2. The quantitative estimate of drug-likeness (QED) is 0.163. The predicted molar refractivity (Wildman–Crippen MR) is 100.0 cm³/mol. The van der Waals surface area contributed by atoms with Crippen molar-refractivity contribution < 1.29 is 53.7 Å². The van der Waals surface area contributed by atoms with E-state index in [0.717, 1.165) is 24.3 Å². The van der Waals surface area contributed by atoms with Crippen LogP contribution >= 0.6 is 0 Å². The third kappa shape index (κ3) is 6.87. The van der Waals surface area contributed by atoms with E-state index < -0.39 is 63.4 Å². The van der Waals surface area contributed by atoms with E-state index in [1.165, 1.54) is 6.07 Å². The molecule has 1 aromatic carbocycles. The minimum Gasteiger partial charge on any atom is -0.462 e. The maximum Gasteiger partial charge on any atom is 0.478 e. The van der Waals surface area contributed by atoms with Crippen molar-refractivity contribution in [3.63, 3.8) is 0 Å². The highest BCUT2D eigenvalue weighted by atomic mass is 32.2. The van der Waals surface area contributed by atoms with Crippen LogP contribution in [0.2, 0.25) is 0 Å². The number of esters is 2. The minimum absolute atomic E-state index is 0.392. The van der Waals surface area contributed by atoms with Gasteiger partial charge in [-0.2, -0.15) is 30.4 Å². The van der Waals surface area contributed by atoms with E-state index >= 15 is 0 Å². The topological polar surface area (TPSA) is 108 Å². The highest BCUT2D eigenvalue weighted by molar-refractivity contribution is 7.88. The van der Waals surface area contributed by atoms with E-state index in [1.807, 2.05) is 0 Å². The van der Waals surface area contributed by atoms with Crippen LogP contribution in [0.5, 0.6) is 0 Å². The summed E-state index contributed by atoms with van der Waals surface area (Å²) in [5, 5.41) is -3.10. The first-order chi connectivity index (χ1) is 14.6. The Labute approximate surface area is 180 Å². The zero-order valence-corrected chi connectivity index (χ0v) is 17.9. The third-order valence-corrected chi connectivity index (χ3v) is 5.15. The highest BCUT2D eigenvalue weighted by Crippen LogP contribution is 2.28. The van der Waals surface area contributed by atoms with Crippen LogP contribution in [0, 0.1) is 5.41 Å². The lowest BCUT2D eigenvalue weighted by Crippen LogP contribution is -2.40. The van der Waals surface area contributed by atoms with Crippen LogP contribution in [-0.4, -0.2) is 50.7 Å². The lowest BCUT2D eigenvalue weighted by atomic mass is 9.91. The van der Waals surface area contributed by atoms with Gasteiger partial charge in [0, 0.05) is 5.56 Å². The second kappa shape index (κ2) is 10.2. The van der Waals surface area contributed by atoms with Gasteiger partial charge in [0.05, 0.1) is 5.41 Å². The Morgan fingerprint density at radius 3 is 1.91 bits per heavy atom. The van der Waals surface area contributed by atoms with Gasteiger partial charge in [-0.15, -0.1) is 0 Å².